The van der Waals surface area contributed by atoms with Gasteiger partial charge < -0.3 is 14.2 Å². The van der Waals surface area contributed by atoms with E-state index in [-0.39, 0.29) is 0 Å². The molecule has 0 radical (unpaired) electrons. The van der Waals surface area contributed by atoms with Gasteiger partial charge in [-0.05, 0) is 19.1 Å². The molecule has 3 nitrogen and oxygen atoms in total. The summed E-state index contributed by atoms with van der Waals surface area (Å²) in [5.41, 5.74) is 1.24. The largest absolute Gasteiger partial charge is 0.496 e. The second-order valence-electron chi connectivity index (χ2n) is 4.28. The minimum atomic E-state index is 0.715. The Bertz CT molecular complexity index is 554. The van der Waals surface area contributed by atoms with Gasteiger partial charge in [-0.25, -0.2) is 0 Å². The SMILES string of the molecule is COc1cc(OC)c(Sc2ccc(C)cc2)c(OC)c1. The van der Waals surface area contributed by atoms with E-state index in [1.807, 2.05) is 12.1 Å². The molecule has 0 saturated carbocycles. The molecule has 0 amide bonds. The van der Waals surface area contributed by atoms with E-state index < -0.39 is 0 Å². The molecular weight excluding hydrogens is 272 g/mol. The zero-order chi connectivity index (χ0) is 14.5. The van der Waals surface area contributed by atoms with E-state index in [0.717, 1.165) is 21.3 Å². The summed E-state index contributed by atoms with van der Waals surface area (Å²) in [5, 5.41) is 0. The fraction of sp³-hybridized carbons (Fsp3) is 0.250. The third kappa shape index (κ3) is 3.20. The summed E-state index contributed by atoms with van der Waals surface area (Å²) in [7, 11) is 4.92. The van der Waals surface area contributed by atoms with Crippen molar-refractivity contribution in [2.45, 2.75) is 16.7 Å². The van der Waals surface area contributed by atoms with Crippen LogP contribution in [0, 0.1) is 6.92 Å². The van der Waals surface area contributed by atoms with Crippen LogP contribution in [0.25, 0.3) is 0 Å². The summed E-state index contributed by atoms with van der Waals surface area (Å²) in [6.45, 7) is 2.07. The molecule has 0 atom stereocenters. The van der Waals surface area contributed by atoms with Gasteiger partial charge in [0.2, 0.25) is 0 Å². The van der Waals surface area contributed by atoms with Crippen molar-refractivity contribution in [3.63, 3.8) is 0 Å². The summed E-state index contributed by atoms with van der Waals surface area (Å²) in [6, 6.07) is 12.1. The van der Waals surface area contributed by atoms with Gasteiger partial charge in [0.15, 0.2) is 0 Å². The molecule has 2 aromatic rings. The molecule has 0 aliphatic carbocycles. The Labute approximate surface area is 123 Å². The van der Waals surface area contributed by atoms with Crippen molar-refractivity contribution in [3.8, 4) is 17.2 Å². The molecule has 0 N–H and O–H groups in total. The summed E-state index contributed by atoms with van der Waals surface area (Å²) >= 11 is 1.61. The lowest BCUT2D eigenvalue weighted by Crippen LogP contribution is -1.94. The number of rotatable bonds is 5. The van der Waals surface area contributed by atoms with Crippen molar-refractivity contribution in [1.82, 2.24) is 0 Å². The van der Waals surface area contributed by atoms with Crippen LogP contribution < -0.4 is 14.2 Å². The van der Waals surface area contributed by atoms with E-state index >= 15 is 0 Å². The predicted octanol–water partition coefficient (Wildman–Crippen LogP) is 4.17. The van der Waals surface area contributed by atoms with E-state index in [4.69, 9.17) is 14.2 Å². The number of ether oxygens (including phenoxy) is 3. The third-order valence-corrected chi connectivity index (χ3v) is 4.03. The smallest absolute Gasteiger partial charge is 0.140 e. The molecule has 2 rings (SSSR count). The molecule has 0 fully saturated rings. The highest BCUT2D eigenvalue weighted by Gasteiger charge is 2.14. The Morgan fingerprint density at radius 3 is 1.80 bits per heavy atom. The Morgan fingerprint density at radius 2 is 1.35 bits per heavy atom. The zero-order valence-electron chi connectivity index (χ0n) is 12.1. The second kappa shape index (κ2) is 6.57. The van der Waals surface area contributed by atoms with Crippen LogP contribution in [0.1, 0.15) is 5.56 Å². The maximum Gasteiger partial charge on any atom is 0.140 e. The Hall–Kier alpha value is -1.81. The number of hydrogen-bond donors (Lipinski definition) is 0. The highest BCUT2D eigenvalue weighted by molar-refractivity contribution is 7.99. The van der Waals surface area contributed by atoms with E-state index in [9.17, 15) is 0 Å². The van der Waals surface area contributed by atoms with E-state index in [1.54, 1.807) is 33.1 Å². The van der Waals surface area contributed by atoms with Crippen LogP contribution in [0.15, 0.2) is 46.2 Å². The quantitative estimate of drug-likeness (QED) is 0.826. The van der Waals surface area contributed by atoms with Crippen LogP contribution >= 0.6 is 11.8 Å². The standard InChI is InChI=1S/C16H18O3S/c1-11-5-7-13(8-6-11)20-16-14(18-3)9-12(17-2)10-15(16)19-4/h5-10H,1-4H3. The predicted molar refractivity (Wildman–Crippen MR) is 81.4 cm³/mol. The van der Waals surface area contributed by atoms with Gasteiger partial charge in [0.1, 0.15) is 17.2 Å². The van der Waals surface area contributed by atoms with Gasteiger partial charge in [-0.15, -0.1) is 0 Å². The van der Waals surface area contributed by atoms with Gasteiger partial charge in [-0.1, -0.05) is 29.5 Å². The molecule has 20 heavy (non-hydrogen) atoms. The fourth-order valence-electron chi connectivity index (χ4n) is 1.80. The van der Waals surface area contributed by atoms with Gasteiger partial charge in [0.05, 0.1) is 26.2 Å². The van der Waals surface area contributed by atoms with E-state index in [0.29, 0.717) is 5.75 Å². The lowest BCUT2D eigenvalue weighted by molar-refractivity contribution is 0.361. The first-order valence-electron chi connectivity index (χ1n) is 6.22. The Kier molecular flexibility index (Phi) is 4.79. The van der Waals surface area contributed by atoms with Gasteiger partial charge in [-0.3, -0.25) is 0 Å². The minimum absolute atomic E-state index is 0.715. The molecular formula is C16H18O3S. The molecule has 4 heteroatoms. The molecule has 0 saturated heterocycles. The van der Waals surface area contributed by atoms with Crippen molar-refractivity contribution < 1.29 is 14.2 Å². The summed E-state index contributed by atoms with van der Waals surface area (Å²) < 4.78 is 16.1. The molecule has 0 aromatic heterocycles. The molecule has 0 aliphatic heterocycles. The van der Waals surface area contributed by atoms with Gasteiger partial charge in [-0.2, -0.15) is 0 Å². The number of methoxy groups -OCH3 is 3. The average Bonchev–Trinajstić information content (AvgIpc) is 2.49. The Morgan fingerprint density at radius 1 is 0.800 bits per heavy atom. The highest BCUT2D eigenvalue weighted by Crippen LogP contribution is 2.44. The number of benzene rings is 2. The lowest BCUT2D eigenvalue weighted by atomic mass is 10.2. The minimum Gasteiger partial charge on any atom is -0.496 e. The van der Waals surface area contributed by atoms with Crippen molar-refractivity contribution in [1.29, 1.82) is 0 Å². The number of hydrogen-bond acceptors (Lipinski definition) is 4. The maximum atomic E-state index is 5.45. The molecule has 0 aliphatic rings. The molecule has 0 unspecified atom stereocenters. The number of aryl methyl sites for hydroxylation is 1. The van der Waals surface area contributed by atoms with Gasteiger partial charge in [0.25, 0.3) is 0 Å². The molecule has 0 heterocycles. The molecule has 106 valence electrons. The summed E-state index contributed by atoms with van der Waals surface area (Å²) in [4.78, 5) is 2.08. The summed E-state index contributed by atoms with van der Waals surface area (Å²) in [6.07, 6.45) is 0. The van der Waals surface area contributed by atoms with Crippen molar-refractivity contribution in [3.05, 3.63) is 42.0 Å². The molecule has 2 aromatic carbocycles. The average molecular weight is 290 g/mol. The normalized spacial score (nSPS) is 10.2. The Balaban J connectivity index is 2.41. The lowest BCUT2D eigenvalue weighted by Gasteiger charge is -2.14. The third-order valence-electron chi connectivity index (χ3n) is 2.91. The maximum absolute atomic E-state index is 5.45. The molecule has 0 spiro atoms. The van der Waals surface area contributed by atoms with Crippen LogP contribution in [0.3, 0.4) is 0 Å². The topological polar surface area (TPSA) is 27.7 Å². The van der Waals surface area contributed by atoms with Crippen molar-refractivity contribution in [2.75, 3.05) is 21.3 Å². The first kappa shape index (κ1) is 14.6. The second-order valence-corrected chi connectivity index (χ2v) is 5.36. The van der Waals surface area contributed by atoms with Crippen molar-refractivity contribution >= 4 is 11.8 Å². The van der Waals surface area contributed by atoms with Crippen LogP contribution in [0.4, 0.5) is 0 Å². The zero-order valence-corrected chi connectivity index (χ0v) is 12.9. The fourth-order valence-corrected chi connectivity index (χ4v) is 2.79. The van der Waals surface area contributed by atoms with Crippen molar-refractivity contribution in [2.24, 2.45) is 0 Å². The van der Waals surface area contributed by atoms with E-state index in [2.05, 4.69) is 31.2 Å². The van der Waals surface area contributed by atoms with Gasteiger partial charge >= 0.3 is 0 Å². The van der Waals surface area contributed by atoms with Crippen LogP contribution in [-0.2, 0) is 0 Å². The monoisotopic (exact) mass is 290 g/mol. The first-order valence-corrected chi connectivity index (χ1v) is 7.04. The van der Waals surface area contributed by atoms with Crippen LogP contribution in [0.2, 0.25) is 0 Å². The highest BCUT2D eigenvalue weighted by atomic mass is 32.2. The van der Waals surface area contributed by atoms with Crippen LogP contribution in [0.5, 0.6) is 17.2 Å². The first-order chi connectivity index (χ1) is 9.67. The molecule has 0 bridgehead atoms. The van der Waals surface area contributed by atoms with Crippen LogP contribution in [-0.4, -0.2) is 21.3 Å². The van der Waals surface area contributed by atoms with E-state index in [1.165, 1.54) is 5.56 Å². The summed E-state index contributed by atoms with van der Waals surface area (Å²) in [5.74, 6) is 2.20. The van der Waals surface area contributed by atoms with Gasteiger partial charge in [0, 0.05) is 17.0 Å².